The van der Waals surface area contributed by atoms with Crippen LogP contribution in [0, 0.1) is 5.92 Å². The Morgan fingerprint density at radius 1 is 1.15 bits per heavy atom. The van der Waals surface area contributed by atoms with E-state index in [-0.39, 0.29) is 23.9 Å². The van der Waals surface area contributed by atoms with Gasteiger partial charge in [0.15, 0.2) is 0 Å². The van der Waals surface area contributed by atoms with E-state index in [1.807, 2.05) is 43.0 Å². The first-order valence-electron chi connectivity index (χ1n) is 12.5. The van der Waals surface area contributed by atoms with Crippen molar-refractivity contribution in [3.8, 4) is 0 Å². The highest BCUT2D eigenvalue weighted by atomic mass is 16.5. The molecule has 4 rings (SSSR count). The number of hydrogen-bond acceptors (Lipinski definition) is 5. The lowest BCUT2D eigenvalue weighted by Crippen LogP contribution is -2.52. The second kappa shape index (κ2) is 10.8. The van der Waals surface area contributed by atoms with E-state index in [1.165, 1.54) is 49.9 Å². The third-order valence-corrected chi connectivity index (χ3v) is 7.31. The van der Waals surface area contributed by atoms with E-state index in [1.54, 1.807) is 7.11 Å². The molecule has 2 aromatic rings. The van der Waals surface area contributed by atoms with Gasteiger partial charge in [0.05, 0.1) is 30.1 Å². The Morgan fingerprint density at radius 2 is 1.91 bits per heavy atom. The zero-order valence-electron chi connectivity index (χ0n) is 20.3. The van der Waals surface area contributed by atoms with Gasteiger partial charge in [-0.1, -0.05) is 24.6 Å². The van der Waals surface area contributed by atoms with Crippen LogP contribution in [0.4, 0.5) is 0 Å². The molecule has 0 N–H and O–H groups in total. The quantitative estimate of drug-likeness (QED) is 0.613. The van der Waals surface area contributed by atoms with Crippen LogP contribution in [-0.4, -0.2) is 71.4 Å². The Morgan fingerprint density at radius 3 is 2.67 bits per heavy atom. The maximum Gasteiger partial charge on any atom is 0.274 e. The molecule has 2 atom stereocenters. The van der Waals surface area contributed by atoms with Crippen LogP contribution in [0.3, 0.4) is 0 Å². The van der Waals surface area contributed by atoms with Crippen LogP contribution in [0.1, 0.15) is 57.7 Å². The fourth-order valence-electron chi connectivity index (χ4n) is 5.60. The molecule has 3 heterocycles. The first-order chi connectivity index (χ1) is 16.0. The minimum Gasteiger partial charge on any atom is -0.383 e. The van der Waals surface area contributed by atoms with Gasteiger partial charge in [0.25, 0.3) is 5.56 Å². The Balaban J connectivity index is 1.58. The summed E-state index contributed by atoms with van der Waals surface area (Å²) in [5, 5.41) is 6.03. The minimum absolute atomic E-state index is 0.0617. The van der Waals surface area contributed by atoms with Crippen LogP contribution in [0.5, 0.6) is 0 Å². The van der Waals surface area contributed by atoms with E-state index in [0.717, 1.165) is 11.9 Å². The number of methoxy groups -OCH3 is 1. The van der Waals surface area contributed by atoms with Crippen molar-refractivity contribution in [2.75, 3.05) is 39.9 Å². The molecule has 2 saturated heterocycles. The van der Waals surface area contributed by atoms with Crippen molar-refractivity contribution in [3.05, 3.63) is 40.3 Å². The van der Waals surface area contributed by atoms with Gasteiger partial charge < -0.3 is 14.5 Å². The van der Waals surface area contributed by atoms with Crippen LogP contribution in [0.15, 0.2) is 29.1 Å². The number of rotatable bonds is 8. The predicted octanol–water partition coefficient (Wildman–Crippen LogP) is 3.26. The first-order valence-corrected chi connectivity index (χ1v) is 12.5. The van der Waals surface area contributed by atoms with Crippen molar-refractivity contribution in [3.63, 3.8) is 0 Å². The Kier molecular flexibility index (Phi) is 7.81. The van der Waals surface area contributed by atoms with E-state index in [9.17, 15) is 9.59 Å². The molecule has 0 saturated carbocycles. The number of ether oxygens (including phenoxy) is 1. The van der Waals surface area contributed by atoms with Crippen molar-refractivity contribution in [1.82, 2.24) is 19.6 Å². The second-order valence-corrected chi connectivity index (χ2v) is 9.85. The monoisotopic (exact) mass is 454 g/mol. The fourth-order valence-corrected chi connectivity index (χ4v) is 5.60. The molecular weight excluding hydrogens is 416 g/mol. The summed E-state index contributed by atoms with van der Waals surface area (Å²) in [5.41, 5.74) is 0.571. The summed E-state index contributed by atoms with van der Waals surface area (Å²) in [6.45, 7) is 8.15. The van der Waals surface area contributed by atoms with Gasteiger partial charge >= 0.3 is 0 Å². The summed E-state index contributed by atoms with van der Waals surface area (Å²) < 4.78 is 6.85. The lowest BCUT2D eigenvalue weighted by atomic mass is 9.83. The summed E-state index contributed by atoms with van der Waals surface area (Å²) in [5.74, 6) is 0.570. The van der Waals surface area contributed by atoms with Gasteiger partial charge in [-0.2, -0.15) is 5.10 Å². The molecule has 7 nitrogen and oxygen atoms in total. The SMILES string of the molecule is COCCN(C[C@@H]1CCCN2CCCC[C@H]12)C(=O)Cc1nn(C(C)C)c(=O)c2ccccc12. The average Bonchev–Trinajstić information content (AvgIpc) is 2.83. The van der Waals surface area contributed by atoms with Crippen LogP contribution < -0.4 is 5.56 Å². The van der Waals surface area contributed by atoms with Crippen LogP contribution >= 0.6 is 0 Å². The lowest BCUT2D eigenvalue weighted by molar-refractivity contribution is -0.132. The minimum atomic E-state index is -0.104. The van der Waals surface area contributed by atoms with Crippen molar-refractivity contribution in [2.24, 2.45) is 5.92 Å². The Labute approximate surface area is 196 Å². The maximum atomic E-state index is 13.6. The molecule has 1 amide bonds. The van der Waals surface area contributed by atoms with Gasteiger partial charge in [-0.25, -0.2) is 4.68 Å². The van der Waals surface area contributed by atoms with E-state index in [2.05, 4.69) is 10.00 Å². The Bertz CT molecular complexity index is 1020. The highest BCUT2D eigenvalue weighted by molar-refractivity contribution is 5.88. The molecule has 2 fully saturated rings. The summed E-state index contributed by atoms with van der Waals surface area (Å²) >= 11 is 0. The summed E-state index contributed by atoms with van der Waals surface area (Å²) in [6, 6.07) is 8.02. The van der Waals surface area contributed by atoms with Gasteiger partial charge in [0.1, 0.15) is 0 Å². The number of aromatic nitrogens is 2. The molecule has 0 radical (unpaired) electrons. The van der Waals surface area contributed by atoms with E-state index < -0.39 is 0 Å². The molecule has 1 aromatic heterocycles. The number of hydrogen-bond donors (Lipinski definition) is 0. The van der Waals surface area contributed by atoms with Crippen LogP contribution in [0.2, 0.25) is 0 Å². The average molecular weight is 455 g/mol. The molecule has 7 heteroatoms. The first kappa shape index (κ1) is 23.9. The van der Waals surface area contributed by atoms with Gasteiger partial charge in [-0.05, 0) is 64.6 Å². The summed E-state index contributed by atoms with van der Waals surface area (Å²) in [6.07, 6.45) is 6.40. The molecule has 33 heavy (non-hydrogen) atoms. The van der Waals surface area contributed by atoms with Gasteiger partial charge in [0, 0.05) is 31.6 Å². The van der Waals surface area contributed by atoms with Gasteiger partial charge in [-0.15, -0.1) is 0 Å². The fraction of sp³-hybridized carbons (Fsp3) is 0.654. The Hall–Kier alpha value is -2.25. The molecule has 180 valence electrons. The molecular formula is C26H38N4O3. The van der Waals surface area contributed by atoms with Crippen molar-refractivity contribution in [2.45, 2.75) is 64.5 Å². The van der Waals surface area contributed by atoms with E-state index in [4.69, 9.17) is 4.74 Å². The predicted molar refractivity (Wildman–Crippen MR) is 130 cm³/mol. The third kappa shape index (κ3) is 5.30. The van der Waals surface area contributed by atoms with Gasteiger partial charge in [-0.3, -0.25) is 9.59 Å². The standard InChI is InChI=1S/C26H38N4O3/c1-19(2)30-26(32)22-11-5-4-10-21(22)23(27-30)17-25(31)29(15-16-33-3)18-20-9-8-14-28-13-7-6-12-24(20)28/h4-5,10-11,19-20,24H,6-9,12-18H2,1-3H3/t20-,24+/m0/s1. The summed E-state index contributed by atoms with van der Waals surface area (Å²) in [4.78, 5) is 31.1. The highest BCUT2D eigenvalue weighted by Crippen LogP contribution is 2.31. The van der Waals surface area contributed by atoms with E-state index in [0.29, 0.717) is 36.2 Å². The molecule has 2 aliphatic rings. The third-order valence-electron chi connectivity index (χ3n) is 7.31. The smallest absolute Gasteiger partial charge is 0.274 e. The maximum absolute atomic E-state index is 13.6. The molecule has 0 spiro atoms. The normalized spacial score (nSPS) is 21.3. The van der Waals surface area contributed by atoms with Crippen molar-refractivity contribution >= 4 is 16.7 Å². The van der Waals surface area contributed by atoms with Crippen LogP contribution in [0.25, 0.3) is 10.8 Å². The molecule has 0 aliphatic carbocycles. The lowest BCUT2D eigenvalue weighted by Gasteiger charge is -2.45. The number of carbonyl (C=O) groups is 1. The number of benzene rings is 1. The zero-order chi connectivity index (χ0) is 23.4. The highest BCUT2D eigenvalue weighted by Gasteiger charge is 2.34. The van der Waals surface area contributed by atoms with Crippen molar-refractivity contribution in [1.29, 1.82) is 0 Å². The molecule has 2 aliphatic heterocycles. The number of carbonyl (C=O) groups excluding carboxylic acids is 1. The number of fused-ring (bicyclic) bond motifs is 2. The topological polar surface area (TPSA) is 67.7 Å². The number of amides is 1. The summed E-state index contributed by atoms with van der Waals surface area (Å²) in [7, 11) is 1.68. The van der Waals surface area contributed by atoms with Crippen LogP contribution in [-0.2, 0) is 16.0 Å². The number of piperidine rings is 2. The van der Waals surface area contributed by atoms with Crippen molar-refractivity contribution < 1.29 is 9.53 Å². The van der Waals surface area contributed by atoms with Gasteiger partial charge in [0.2, 0.25) is 5.91 Å². The second-order valence-electron chi connectivity index (χ2n) is 9.85. The molecule has 1 aromatic carbocycles. The van der Waals surface area contributed by atoms with E-state index >= 15 is 0 Å². The molecule has 0 bridgehead atoms. The largest absolute Gasteiger partial charge is 0.383 e. The number of nitrogens with zero attached hydrogens (tertiary/aromatic N) is 4. The zero-order valence-corrected chi connectivity index (χ0v) is 20.3. The molecule has 0 unspecified atom stereocenters.